The third-order valence-electron chi connectivity index (χ3n) is 4.19. The van der Waals surface area contributed by atoms with Gasteiger partial charge in [-0.25, -0.2) is 5.43 Å². The number of carbonyl (C=O) groups excluding carboxylic acids is 2. The first-order valence-electron chi connectivity index (χ1n) is 7.75. The molecule has 0 unspecified atom stereocenters. The molecule has 0 atom stereocenters. The Morgan fingerprint density at radius 3 is 2.60 bits per heavy atom. The summed E-state index contributed by atoms with van der Waals surface area (Å²) in [4.78, 5) is 23.4. The third-order valence-corrected chi connectivity index (χ3v) is 4.19. The molecule has 1 aliphatic carbocycles. The number of carbonyl (C=O) groups is 2. The van der Waals surface area contributed by atoms with Gasteiger partial charge in [-0.15, -0.1) is 0 Å². The van der Waals surface area contributed by atoms with E-state index >= 15 is 0 Å². The average Bonchev–Trinajstić information content (AvgIpc) is 2.91. The van der Waals surface area contributed by atoms with Gasteiger partial charge < -0.3 is 14.3 Å². The number of fused-ring (bicyclic) bond motifs is 1. The van der Waals surface area contributed by atoms with Crippen LogP contribution in [0.15, 0.2) is 33.8 Å². The molecule has 0 spiro atoms. The Morgan fingerprint density at radius 1 is 1.20 bits per heavy atom. The van der Waals surface area contributed by atoms with Gasteiger partial charge in [-0.2, -0.15) is 5.10 Å². The van der Waals surface area contributed by atoms with Gasteiger partial charge >= 0.3 is 51.4 Å². The van der Waals surface area contributed by atoms with Crippen LogP contribution in [-0.2, 0) is 6.42 Å². The third kappa shape index (κ3) is 4.12. The maximum atomic E-state index is 12.3. The molecule has 1 amide bonds. The van der Waals surface area contributed by atoms with Crippen molar-refractivity contribution in [3.63, 3.8) is 0 Å². The monoisotopic (exact) mass is 364 g/mol. The Labute approximate surface area is 188 Å². The molecule has 2 aromatic rings. The number of nitrogens with zero attached hydrogens (tertiary/aromatic N) is 1. The molecular formula is C18H17KN2O4. The van der Waals surface area contributed by atoms with Gasteiger partial charge in [0, 0.05) is 23.1 Å². The molecule has 0 radical (unpaired) electrons. The first-order valence-corrected chi connectivity index (χ1v) is 7.75. The predicted molar refractivity (Wildman–Crippen MR) is 85.9 cm³/mol. The molecule has 0 saturated heterocycles. The number of rotatable bonds is 3. The van der Waals surface area contributed by atoms with Crippen LogP contribution in [0.5, 0.6) is 0 Å². The number of furan rings is 1. The second-order valence-corrected chi connectivity index (χ2v) is 5.81. The molecular weight excluding hydrogens is 347 g/mol. The molecule has 1 aromatic carbocycles. The van der Waals surface area contributed by atoms with Crippen LogP contribution in [0.4, 0.5) is 0 Å². The van der Waals surface area contributed by atoms with Crippen LogP contribution in [0.25, 0.3) is 0 Å². The number of aromatic carboxylic acids is 1. The Bertz CT molecular complexity index is 855. The fourth-order valence-corrected chi connectivity index (χ4v) is 2.98. The molecule has 0 aliphatic heterocycles. The van der Waals surface area contributed by atoms with Crippen LogP contribution in [0.1, 0.15) is 56.2 Å². The molecule has 3 rings (SSSR count). The van der Waals surface area contributed by atoms with Gasteiger partial charge in [0.1, 0.15) is 11.7 Å². The number of nitrogens with one attached hydrogen (secondary N) is 1. The van der Waals surface area contributed by atoms with Crippen molar-refractivity contribution >= 4 is 17.6 Å². The van der Waals surface area contributed by atoms with Crippen LogP contribution in [0.2, 0.25) is 0 Å². The minimum absolute atomic E-state index is 0. The van der Waals surface area contributed by atoms with E-state index in [4.69, 9.17) is 4.42 Å². The minimum atomic E-state index is -1.34. The zero-order valence-electron chi connectivity index (χ0n) is 14.5. The maximum absolute atomic E-state index is 12.3. The van der Waals surface area contributed by atoms with E-state index in [1.165, 1.54) is 0 Å². The van der Waals surface area contributed by atoms with Gasteiger partial charge in [-0.05, 0) is 38.3 Å². The Morgan fingerprint density at radius 2 is 1.92 bits per heavy atom. The summed E-state index contributed by atoms with van der Waals surface area (Å²) in [5.74, 6) is -1.22. The van der Waals surface area contributed by atoms with Gasteiger partial charge in [0.15, 0.2) is 5.76 Å². The van der Waals surface area contributed by atoms with Crippen molar-refractivity contribution in [1.82, 2.24) is 5.43 Å². The van der Waals surface area contributed by atoms with E-state index in [0.717, 1.165) is 12.0 Å². The quantitative estimate of drug-likeness (QED) is 0.543. The number of carboxylic acid groups (broad SMARTS) is 1. The number of amides is 1. The van der Waals surface area contributed by atoms with Crippen molar-refractivity contribution < 1.29 is 70.5 Å². The van der Waals surface area contributed by atoms with Crippen molar-refractivity contribution in [2.24, 2.45) is 5.10 Å². The fourth-order valence-electron chi connectivity index (χ4n) is 2.98. The van der Waals surface area contributed by atoms with Crippen molar-refractivity contribution in [2.45, 2.75) is 33.1 Å². The van der Waals surface area contributed by atoms with Gasteiger partial charge in [0.2, 0.25) is 0 Å². The molecule has 0 saturated carbocycles. The SMILES string of the molecule is Cc1ccccc1C(=O)N/N=C1\CCCc2oc(C(=O)[O-])c(C)c21.[K+]. The summed E-state index contributed by atoms with van der Waals surface area (Å²) in [7, 11) is 0. The van der Waals surface area contributed by atoms with E-state index in [9.17, 15) is 14.7 Å². The van der Waals surface area contributed by atoms with Gasteiger partial charge in [-0.3, -0.25) is 4.79 Å². The van der Waals surface area contributed by atoms with E-state index in [1.807, 2.05) is 19.1 Å². The first kappa shape index (κ1) is 20.1. The number of hydrazone groups is 1. The zero-order valence-corrected chi connectivity index (χ0v) is 17.6. The van der Waals surface area contributed by atoms with E-state index in [1.54, 1.807) is 19.1 Å². The van der Waals surface area contributed by atoms with Crippen molar-refractivity contribution in [2.75, 3.05) is 0 Å². The van der Waals surface area contributed by atoms with Crippen LogP contribution >= 0.6 is 0 Å². The van der Waals surface area contributed by atoms with E-state index in [0.29, 0.717) is 41.0 Å². The van der Waals surface area contributed by atoms with E-state index in [-0.39, 0.29) is 63.1 Å². The number of benzene rings is 1. The zero-order chi connectivity index (χ0) is 17.3. The summed E-state index contributed by atoms with van der Waals surface area (Å²) in [5, 5.41) is 15.3. The topological polar surface area (TPSA) is 94.7 Å². The standard InChI is InChI=1S/C18H18N2O4.K/c1-10-6-3-4-7-12(10)17(21)20-19-13-8-5-9-14-15(13)11(2)16(24-14)18(22)23;/h3-4,6-7H,5,8-9H2,1-2H3,(H,20,21)(H,22,23);/q;+1/p-1/b19-13+;. The molecule has 124 valence electrons. The van der Waals surface area contributed by atoms with E-state index < -0.39 is 5.97 Å². The molecule has 6 nitrogen and oxygen atoms in total. The Kier molecular flexibility index (Phi) is 6.76. The average molecular weight is 364 g/mol. The number of aryl methyl sites for hydroxylation is 2. The molecule has 1 aromatic heterocycles. The summed E-state index contributed by atoms with van der Waals surface area (Å²) < 4.78 is 5.38. The smallest absolute Gasteiger partial charge is 0.542 e. The van der Waals surface area contributed by atoms with Gasteiger partial charge in [0.25, 0.3) is 5.91 Å². The molecule has 1 heterocycles. The first-order chi connectivity index (χ1) is 11.5. The molecule has 0 fully saturated rings. The second kappa shape index (κ2) is 8.42. The number of hydrogen-bond donors (Lipinski definition) is 1. The normalized spacial score (nSPS) is 14.6. The molecule has 1 aliphatic rings. The van der Waals surface area contributed by atoms with Crippen LogP contribution in [-0.4, -0.2) is 17.6 Å². The van der Waals surface area contributed by atoms with Crippen molar-refractivity contribution in [3.8, 4) is 0 Å². The largest absolute Gasteiger partial charge is 1.00 e. The summed E-state index contributed by atoms with van der Waals surface area (Å²) in [6.07, 6.45) is 2.08. The minimum Gasteiger partial charge on any atom is -0.542 e. The molecule has 25 heavy (non-hydrogen) atoms. The van der Waals surface area contributed by atoms with Gasteiger partial charge in [0.05, 0.1) is 5.71 Å². The predicted octanol–water partition coefficient (Wildman–Crippen LogP) is -1.27. The number of hydrogen-bond acceptors (Lipinski definition) is 5. The van der Waals surface area contributed by atoms with Crippen LogP contribution in [0, 0.1) is 13.8 Å². The summed E-state index contributed by atoms with van der Waals surface area (Å²) in [6.45, 7) is 3.52. The number of carboxylic acids is 1. The summed E-state index contributed by atoms with van der Waals surface area (Å²) in [6, 6.07) is 7.24. The molecule has 0 bridgehead atoms. The Balaban J connectivity index is 0.00000225. The van der Waals surface area contributed by atoms with Gasteiger partial charge in [-0.1, -0.05) is 18.2 Å². The summed E-state index contributed by atoms with van der Waals surface area (Å²) >= 11 is 0. The fraction of sp³-hybridized carbons (Fsp3) is 0.278. The maximum Gasteiger partial charge on any atom is 1.00 e. The second-order valence-electron chi connectivity index (χ2n) is 5.81. The van der Waals surface area contributed by atoms with Crippen molar-refractivity contribution in [3.05, 3.63) is 58.0 Å². The summed E-state index contributed by atoms with van der Waals surface area (Å²) in [5.41, 5.74) is 5.77. The van der Waals surface area contributed by atoms with E-state index in [2.05, 4.69) is 10.5 Å². The molecule has 7 heteroatoms. The van der Waals surface area contributed by atoms with Crippen molar-refractivity contribution in [1.29, 1.82) is 0 Å². The van der Waals surface area contributed by atoms with Crippen LogP contribution in [0.3, 0.4) is 0 Å². The molecule has 1 N–H and O–H groups in total. The van der Waals surface area contributed by atoms with Crippen LogP contribution < -0.4 is 61.9 Å². The Hall–Kier alpha value is -1.25.